The monoisotopic (exact) mass is 283 g/mol. The first-order chi connectivity index (χ1) is 7.74. The number of hydrogen-bond acceptors (Lipinski definition) is 3. The van der Waals surface area contributed by atoms with Crippen LogP contribution in [0.15, 0.2) is 16.6 Å². The van der Waals surface area contributed by atoms with Gasteiger partial charge in [-0.1, -0.05) is 21.1 Å². The molecule has 16 heavy (non-hydrogen) atoms. The van der Waals surface area contributed by atoms with E-state index in [1.54, 1.807) is 0 Å². The molecule has 1 aromatic carbocycles. The molecule has 0 spiro atoms. The number of aliphatic hydroxyl groups is 1. The van der Waals surface area contributed by atoms with Gasteiger partial charge >= 0.3 is 0 Å². The Morgan fingerprint density at radius 1 is 1.38 bits per heavy atom. The van der Waals surface area contributed by atoms with Gasteiger partial charge in [-0.3, -0.25) is 0 Å². The fourth-order valence-electron chi connectivity index (χ4n) is 1.68. The molecule has 1 aromatic heterocycles. The molecule has 4 nitrogen and oxygen atoms in total. The van der Waals surface area contributed by atoms with E-state index in [1.165, 1.54) is 0 Å². The van der Waals surface area contributed by atoms with E-state index >= 15 is 0 Å². The van der Waals surface area contributed by atoms with E-state index in [4.69, 9.17) is 5.11 Å². The quantitative estimate of drug-likeness (QED) is 0.876. The van der Waals surface area contributed by atoms with Crippen LogP contribution in [0.1, 0.15) is 18.4 Å². The van der Waals surface area contributed by atoms with Crippen molar-refractivity contribution in [3.05, 3.63) is 22.2 Å². The summed E-state index contributed by atoms with van der Waals surface area (Å²) in [6.45, 7) is 3.06. The Balaban J connectivity index is 2.31. The summed E-state index contributed by atoms with van der Waals surface area (Å²) in [5.74, 6) is 0. The summed E-state index contributed by atoms with van der Waals surface area (Å²) in [5, 5.41) is 17.0. The number of unbranched alkanes of at least 4 members (excludes halogenated alkanes) is 1. The third-order valence-corrected chi connectivity index (χ3v) is 3.51. The molecule has 1 heterocycles. The molecule has 0 fully saturated rings. The zero-order chi connectivity index (χ0) is 11.5. The zero-order valence-electron chi connectivity index (χ0n) is 9.15. The van der Waals surface area contributed by atoms with Crippen molar-refractivity contribution < 1.29 is 5.11 Å². The first kappa shape index (κ1) is 11.5. The standard InChI is InChI=1S/C11H14BrN3O/c1-8-9(12)4-5-10-11(8)13-14-15(10)6-2-3-7-16/h4-5,16H,2-3,6-7H2,1H3. The summed E-state index contributed by atoms with van der Waals surface area (Å²) in [6.07, 6.45) is 1.72. The first-order valence-electron chi connectivity index (χ1n) is 5.33. The summed E-state index contributed by atoms with van der Waals surface area (Å²) in [4.78, 5) is 0. The van der Waals surface area contributed by atoms with Crippen LogP contribution in [0, 0.1) is 6.92 Å². The molecule has 0 radical (unpaired) electrons. The number of hydrogen-bond donors (Lipinski definition) is 1. The Morgan fingerprint density at radius 2 is 2.19 bits per heavy atom. The molecule has 0 unspecified atom stereocenters. The van der Waals surface area contributed by atoms with Gasteiger partial charge in [-0.15, -0.1) is 5.10 Å². The summed E-state index contributed by atoms with van der Waals surface area (Å²) in [5.41, 5.74) is 3.11. The van der Waals surface area contributed by atoms with Crippen LogP contribution in [0.25, 0.3) is 11.0 Å². The smallest absolute Gasteiger partial charge is 0.117 e. The van der Waals surface area contributed by atoms with E-state index in [2.05, 4.69) is 26.2 Å². The topological polar surface area (TPSA) is 50.9 Å². The second-order valence-electron chi connectivity index (χ2n) is 3.78. The zero-order valence-corrected chi connectivity index (χ0v) is 10.7. The van der Waals surface area contributed by atoms with Crippen molar-refractivity contribution >= 4 is 27.0 Å². The maximum absolute atomic E-state index is 8.74. The normalized spacial score (nSPS) is 11.2. The van der Waals surface area contributed by atoms with Gasteiger partial charge < -0.3 is 5.11 Å². The lowest BCUT2D eigenvalue weighted by Crippen LogP contribution is -2.01. The van der Waals surface area contributed by atoms with Gasteiger partial charge in [0.05, 0.1) is 5.52 Å². The minimum absolute atomic E-state index is 0.233. The van der Waals surface area contributed by atoms with Gasteiger partial charge in [-0.05, 0) is 37.5 Å². The molecule has 0 bridgehead atoms. The molecular weight excluding hydrogens is 270 g/mol. The molecule has 2 rings (SSSR count). The van der Waals surface area contributed by atoms with Crippen LogP contribution in [0.5, 0.6) is 0 Å². The maximum Gasteiger partial charge on any atom is 0.117 e. The van der Waals surface area contributed by atoms with Gasteiger partial charge in [0.15, 0.2) is 0 Å². The highest BCUT2D eigenvalue weighted by molar-refractivity contribution is 9.10. The van der Waals surface area contributed by atoms with E-state index in [9.17, 15) is 0 Å². The minimum Gasteiger partial charge on any atom is -0.396 e. The average molecular weight is 284 g/mol. The molecule has 86 valence electrons. The number of aryl methyl sites for hydroxylation is 2. The maximum atomic E-state index is 8.74. The van der Waals surface area contributed by atoms with Crippen molar-refractivity contribution in [2.45, 2.75) is 26.3 Å². The number of halogens is 1. The van der Waals surface area contributed by atoms with Crippen LogP contribution in [0.2, 0.25) is 0 Å². The first-order valence-corrected chi connectivity index (χ1v) is 6.12. The lowest BCUT2D eigenvalue weighted by molar-refractivity contribution is 0.280. The van der Waals surface area contributed by atoms with E-state index in [0.29, 0.717) is 0 Å². The summed E-state index contributed by atoms with van der Waals surface area (Å²) in [6, 6.07) is 4.04. The predicted molar refractivity (Wildman–Crippen MR) is 66.3 cm³/mol. The molecule has 1 N–H and O–H groups in total. The van der Waals surface area contributed by atoms with Gasteiger partial charge in [0.25, 0.3) is 0 Å². The van der Waals surface area contributed by atoms with Gasteiger partial charge in [-0.2, -0.15) is 0 Å². The largest absolute Gasteiger partial charge is 0.396 e. The SMILES string of the molecule is Cc1c(Br)ccc2c1nnn2CCCCO. The molecule has 5 heteroatoms. The molecule has 0 atom stereocenters. The van der Waals surface area contributed by atoms with Crippen molar-refractivity contribution in [3.63, 3.8) is 0 Å². The Kier molecular flexibility index (Phi) is 3.56. The highest BCUT2D eigenvalue weighted by atomic mass is 79.9. The number of rotatable bonds is 4. The molecule has 2 aromatic rings. The Bertz CT molecular complexity index is 495. The van der Waals surface area contributed by atoms with Crippen LogP contribution < -0.4 is 0 Å². The summed E-state index contributed by atoms with van der Waals surface area (Å²) < 4.78 is 2.95. The van der Waals surface area contributed by atoms with Crippen LogP contribution >= 0.6 is 15.9 Å². The molecule has 0 aliphatic heterocycles. The Labute approximate surface area is 102 Å². The highest BCUT2D eigenvalue weighted by Crippen LogP contribution is 2.23. The fourth-order valence-corrected chi connectivity index (χ4v) is 2.00. The number of aliphatic hydroxyl groups excluding tert-OH is 1. The van der Waals surface area contributed by atoms with Crippen molar-refractivity contribution in [1.29, 1.82) is 0 Å². The van der Waals surface area contributed by atoms with E-state index in [-0.39, 0.29) is 6.61 Å². The third-order valence-electron chi connectivity index (χ3n) is 2.65. The number of aromatic nitrogens is 3. The van der Waals surface area contributed by atoms with E-state index in [0.717, 1.165) is 40.5 Å². The van der Waals surface area contributed by atoms with E-state index < -0.39 is 0 Å². The second kappa shape index (κ2) is 4.93. The van der Waals surface area contributed by atoms with E-state index in [1.807, 2.05) is 23.7 Å². The lowest BCUT2D eigenvalue weighted by atomic mass is 10.2. The Hall–Kier alpha value is -0.940. The molecule has 0 saturated carbocycles. The summed E-state index contributed by atoms with van der Waals surface area (Å²) >= 11 is 3.48. The lowest BCUT2D eigenvalue weighted by Gasteiger charge is -2.02. The molecular formula is C11H14BrN3O. The minimum atomic E-state index is 0.233. The van der Waals surface area contributed by atoms with Crippen molar-refractivity contribution in [3.8, 4) is 0 Å². The number of fused-ring (bicyclic) bond motifs is 1. The van der Waals surface area contributed by atoms with Crippen molar-refractivity contribution in [2.75, 3.05) is 6.61 Å². The average Bonchev–Trinajstić information content (AvgIpc) is 2.68. The predicted octanol–water partition coefficient (Wildman–Crippen LogP) is 2.27. The van der Waals surface area contributed by atoms with Gasteiger partial charge in [0.2, 0.25) is 0 Å². The van der Waals surface area contributed by atoms with Crippen LogP contribution in [0.4, 0.5) is 0 Å². The molecule has 0 aliphatic carbocycles. The Morgan fingerprint density at radius 3 is 2.94 bits per heavy atom. The highest BCUT2D eigenvalue weighted by Gasteiger charge is 2.08. The van der Waals surface area contributed by atoms with Crippen LogP contribution in [-0.4, -0.2) is 26.7 Å². The molecule has 0 aliphatic rings. The van der Waals surface area contributed by atoms with Gasteiger partial charge in [0.1, 0.15) is 5.52 Å². The molecule has 0 amide bonds. The van der Waals surface area contributed by atoms with Crippen LogP contribution in [0.3, 0.4) is 0 Å². The van der Waals surface area contributed by atoms with Gasteiger partial charge in [0, 0.05) is 17.6 Å². The third kappa shape index (κ3) is 2.10. The number of benzene rings is 1. The van der Waals surface area contributed by atoms with Crippen molar-refractivity contribution in [1.82, 2.24) is 15.0 Å². The van der Waals surface area contributed by atoms with Crippen molar-refractivity contribution in [2.24, 2.45) is 0 Å². The summed E-state index contributed by atoms with van der Waals surface area (Å²) in [7, 11) is 0. The van der Waals surface area contributed by atoms with Crippen LogP contribution in [-0.2, 0) is 6.54 Å². The molecule has 0 saturated heterocycles. The number of nitrogens with zero attached hydrogens (tertiary/aromatic N) is 3. The second-order valence-corrected chi connectivity index (χ2v) is 4.64. The van der Waals surface area contributed by atoms with Gasteiger partial charge in [-0.25, -0.2) is 4.68 Å². The fraction of sp³-hybridized carbons (Fsp3) is 0.455.